The zero-order valence-corrected chi connectivity index (χ0v) is 11.1. The van der Waals surface area contributed by atoms with E-state index in [1.54, 1.807) is 0 Å². The van der Waals surface area contributed by atoms with E-state index >= 15 is 0 Å². The normalized spacial score (nSPS) is 12.2. The van der Waals surface area contributed by atoms with Gasteiger partial charge in [0.2, 0.25) is 0 Å². The lowest BCUT2D eigenvalue weighted by atomic mass is 10.1. The van der Waals surface area contributed by atoms with E-state index in [-0.39, 0.29) is 18.7 Å². The molecule has 1 aromatic heterocycles. The van der Waals surface area contributed by atoms with Crippen molar-refractivity contribution in [1.29, 1.82) is 0 Å². The van der Waals surface area contributed by atoms with E-state index in [0.717, 1.165) is 12.8 Å². The number of nitrogens with zero attached hydrogens (tertiary/aromatic N) is 1. The summed E-state index contributed by atoms with van der Waals surface area (Å²) in [7, 11) is 2.02. The van der Waals surface area contributed by atoms with Crippen molar-refractivity contribution in [3.8, 4) is 0 Å². The minimum atomic E-state index is -0.164. The Morgan fingerprint density at radius 3 is 2.94 bits per heavy atom. The summed E-state index contributed by atoms with van der Waals surface area (Å²) in [6, 6.07) is 4.08. The first-order chi connectivity index (χ1) is 8.63. The van der Waals surface area contributed by atoms with Crippen molar-refractivity contribution < 1.29 is 9.90 Å². The molecule has 1 atom stereocenters. The highest BCUT2D eigenvalue weighted by atomic mass is 16.3. The lowest BCUT2D eigenvalue weighted by Crippen LogP contribution is -2.41. The van der Waals surface area contributed by atoms with Gasteiger partial charge in [-0.1, -0.05) is 0 Å². The van der Waals surface area contributed by atoms with Crippen LogP contribution in [0.2, 0.25) is 0 Å². The Bertz CT molecular complexity index is 363. The first-order valence-electron chi connectivity index (χ1n) is 6.39. The summed E-state index contributed by atoms with van der Waals surface area (Å²) in [5.41, 5.74) is 1.27. The molecular weight excluding hydrogens is 230 g/mol. The van der Waals surface area contributed by atoms with E-state index in [9.17, 15) is 4.79 Å². The molecule has 0 saturated heterocycles. The summed E-state index contributed by atoms with van der Waals surface area (Å²) in [5, 5.41) is 14.2. The molecule has 1 rings (SSSR count). The SMILES string of the molecule is CC(CCc1cccn1C)NC(=O)NCCCO. The molecule has 1 aromatic rings. The predicted molar refractivity (Wildman–Crippen MR) is 71.4 cm³/mol. The van der Waals surface area contributed by atoms with E-state index in [1.807, 2.05) is 26.2 Å². The fourth-order valence-corrected chi connectivity index (χ4v) is 1.75. The number of hydrogen-bond acceptors (Lipinski definition) is 2. The highest BCUT2D eigenvalue weighted by molar-refractivity contribution is 5.74. The molecule has 102 valence electrons. The molecule has 0 saturated carbocycles. The maximum Gasteiger partial charge on any atom is 0.314 e. The summed E-state index contributed by atoms with van der Waals surface area (Å²) in [6.45, 7) is 2.60. The molecule has 3 N–H and O–H groups in total. The van der Waals surface area contributed by atoms with Gasteiger partial charge in [-0.05, 0) is 38.3 Å². The van der Waals surface area contributed by atoms with Gasteiger partial charge in [0.25, 0.3) is 0 Å². The van der Waals surface area contributed by atoms with E-state index < -0.39 is 0 Å². The van der Waals surface area contributed by atoms with Crippen molar-refractivity contribution in [2.75, 3.05) is 13.2 Å². The number of amides is 2. The maximum atomic E-state index is 11.4. The second kappa shape index (κ2) is 7.76. The van der Waals surface area contributed by atoms with Crippen molar-refractivity contribution in [2.45, 2.75) is 32.2 Å². The number of carbonyl (C=O) groups is 1. The van der Waals surface area contributed by atoms with Crippen LogP contribution < -0.4 is 10.6 Å². The van der Waals surface area contributed by atoms with Crippen LogP contribution in [0.5, 0.6) is 0 Å². The largest absolute Gasteiger partial charge is 0.396 e. The van der Waals surface area contributed by atoms with Crippen LogP contribution in [0.25, 0.3) is 0 Å². The Morgan fingerprint density at radius 1 is 1.56 bits per heavy atom. The number of nitrogens with one attached hydrogen (secondary N) is 2. The number of carbonyl (C=O) groups excluding carboxylic acids is 1. The Balaban J connectivity index is 2.19. The number of hydrogen-bond donors (Lipinski definition) is 3. The average Bonchev–Trinajstić information content (AvgIpc) is 2.72. The van der Waals surface area contributed by atoms with Gasteiger partial charge in [-0.3, -0.25) is 0 Å². The van der Waals surface area contributed by atoms with Gasteiger partial charge in [0.1, 0.15) is 0 Å². The summed E-state index contributed by atoms with van der Waals surface area (Å²) < 4.78 is 2.09. The number of aliphatic hydroxyl groups excluding tert-OH is 1. The number of aliphatic hydroxyl groups is 1. The number of urea groups is 1. The van der Waals surface area contributed by atoms with Crippen LogP contribution in [0, 0.1) is 0 Å². The Morgan fingerprint density at radius 2 is 2.33 bits per heavy atom. The van der Waals surface area contributed by atoms with E-state index in [0.29, 0.717) is 13.0 Å². The molecule has 0 aliphatic heterocycles. The van der Waals surface area contributed by atoms with Crippen LogP contribution in [-0.4, -0.2) is 34.9 Å². The fraction of sp³-hybridized carbons (Fsp3) is 0.615. The van der Waals surface area contributed by atoms with Crippen molar-refractivity contribution >= 4 is 6.03 Å². The first kappa shape index (κ1) is 14.6. The van der Waals surface area contributed by atoms with Crippen molar-refractivity contribution in [1.82, 2.24) is 15.2 Å². The second-order valence-electron chi connectivity index (χ2n) is 4.53. The van der Waals surface area contributed by atoms with Gasteiger partial charge >= 0.3 is 6.03 Å². The zero-order chi connectivity index (χ0) is 13.4. The maximum absolute atomic E-state index is 11.4. The van der Waals surface area contributed by atoms with Crippen LogP contribution in [0.3, 0.4) is 0 Å². The van der Waals surface area contributed by atoms with Gasteiger partial charge < -0.3 is 20.3 Å². The molecule has 1 heterocycles. The molecule has 0 aliphatic carbocycles. The van der Waals surface area contributed by atoms with Gasteiger partial charge in [0, 0.05) is 38.1 Å². The summed E-state index contributed by atoms with van der Waals surface area (Å²) >= 11 is 0. The Hall–Kier alpha value is -1.49. The highest BCUT2D eigenvalue weighted by Crippen LogP contribution is 2.05. The van der Waals surface area contributed by atoms with Crippen LogP contribution in [-0.2, 0) is 13.5 Å². The molecule has 5 nitrogen and oxygen atoms in total. The molecule has 0 aliphatic rings. The molecule has 2 amide bonds. The van der Waals surface area contributed by atoms with E-state index in [4.69, 9.17) is 5.11 Å². The Kier molecular flexibility index (Phi) is 6.28. The second-order valence-corrected chi connectivity index (χ2v) is 4.53. The molecule has 18 heavy (non-hydrogen) atoms. The average molecular weight is 253 g/mol. The smallest absolute Gasteiger partial charge is 0.314 e. The quantitative estimate of drug-likeness (QED) is 0.635. The first-order valence-corrected chi connectivity index (χ1v) is 6.39. The summed E-state index contributed by atoms with van der Waals surface area (Å²) in [5.74, 6) is 0. The van der Waals surface area contributed by atoms with Gasteiger partial charge in [-0.25, -0.2) is 4.79 Å². The lowest BCUT2D eigenvalue weighted by molar-refractivity contribution is 0.234. The molecule has 0 aromatic carbocycles. The molecule has 0 bridgehead atoms. The van der Waals surface area contributed by atoms with Crippen LogP contribution in [0.4, 0.5) is 4.79 Å². The lowest BCUT2D eigenvalue weighted by Gasteiger charge is -2.14. The minimum Gasteiger partial charge on any atom is -0.396 e. The molecule has 0 radical (unpaired) electrons. The van der Waals surface area contributed by atoms with Gasteiger partial charge in [0.05, 0.1) is 0 Å². The highest BCUT2D eigenvalue weighted by Gasteiger charge is 2.07. The summed E-state index contributed by atoms with van der Waals surface area (Å²) in [4.78, 5) is 11.4. The van der Waals surface area contributed by atoms with Crippen LogP contribution in [0.1, 0.15) is 25.5 Å². The standard InChI is InChI=1S/C13H23N3O2/c1-11(15-13(18)14-8-4-10-17)6-7-12-5-3-9-16(12)2/h3,5,9,11,17H,4,6-8,10H2,1-2H3,(H2,14,15,18). The van der Waals surface area contributed by atoms with Crippen LogP contribution in [0.15, 0.2) is 18.3 Å². The van der Waals surface area contributed by atoms with Gasteiger partial charge in [-0.2, -0.15) is 0 Å². The number of rotatable bonds is 7. The molecule has 0 fully saturated rings. The molecular formula is C13H23N3O2. The van der Waals surface area contributed by atoms with Crippen molar-refractivity contribution in [3.05, 3.63) is 24.0 Å². The van der Waals surface area contributed by atoms with Crippen molar-refractivity contribution in [2.24, 2.45) is 7.05 Å². The molecule has 0 spiro atoms. The van der Waals surface area contributed by atoms with Crippen LogP contribution >= 0.6 is 0 Å². The summed E-state index contributed by atoms with van der Waals surface area (Å²) in [6.07, 6.45) is 4.47. The van der Waals surface area contributed by atoms with Gasteiger partial charge in [0.15, 0.2) is 0 Å². The minimum absolute atomic E-state index is 0.101. The Labute approximate surface area is 108 Å². The monoisotopic (exact) mass is 253 g/mol. The molecule has 1 unspecified atom stereocenters. The van der Waals surface area contributed by atoms with E-state index in [2.05, 4.69) is 21.3 Å². The fourth-order valence-electron chi connectivity index (χ4n) is 1.75. The predicted octanol–water partition coefficient (Wildman–Crippen LogP) is 1.03. The van der Waals surface area contributed by atoms with Gasteiger partial charge in [-0.15, -0.1) is 0 Å². The number of aryl methyl sites for hydroxylation is 2. The zero-order valence-electron chi connectivity index (χ0n) is 11.1. The number of aromatic nitrogens is 1. The van der Waals surface area contributed by atoms with E-state index in [1.165, 1.54) is 5.69 Å². The molecule has 5 heteroatoms. The third-order valence-corrected chi connectivity index (χ3v) is 2.88. The topological polar surface area (TPSA) is 66.3 Å². The third-order valence-electron chi connectivity index (χ3n) is 2.88. The third kappa shape index (κ3) is 5.23. The van der Waals surface area contributed by atoms with Crippen molar-refractivity contribution in [3.63, 3.8) is 0 Å².